The lowest BCUT2D eigenvalue weighted by Gasteiger charge is -2.27. The van der Waals surface area contributed by atoms with Gasteiger partial charge >= 0.3 is 0 Å². The molecule has 1 fully saturated rings. The number of thioether (sulfide) groups is 1. The number of hydrogen-bond acceptors (Lipinski definition) is 3. The first-order valence-corrected chi connectivity index (χ1v) is 6.99. The third kappa shape index (κ3) is 2.35. The largest absolute Gasteiger partial charge is 0.371 e. The van der Waals surface area contributed by atoms with Gasteiger partial charge in [-0.2, -0.15) is 11.8 Å². The highest BCUT2D eigenvalue weighted by molar-refractivity contribution is 9.10. The van der Waals surface area contributed by atoms with Crippen LogP contribution in [0.2, 0.25) is 0 Å². The van der Waals surface area contributed by atoms with E-state index in [1.165, 1.54) is 0 Å². The first-order valence-electron chi connectivity index (χ1n) is 5.04. The van der Waals surface area contributed by atoms with Crippen LogP contribution < -0.4 is 11.1 Å². The van der Waals surface area contributed by atoms with Crippen LogP contribution in [0.4, 0.5) is 5.69 Å². The average Bonchev–Trinajstić information content (AvgIpc) is 2.67. The minimum atomic E-state index is -0.578. The van der Waals surface area contributed by atoms with E-state index >= 15 is 0 Å². The summed E-state index contributed by atoms with van der Waals surface area (Å²) in [5, 5.41) is 3.27. The maximum atomic E-state index is 11.5. The van der Waals surface area contributed by atoms with Gasteiger partial charge in [0, 0.05) is 15.9 Å². The van der Waals surface area contributed by atoms with Gasteiger partial charge in [-0.1, -0.05) is 22.0 Å². The van der Waals surface area contributed by atoms with Gasteiger partial charge < -0.3 is 11.1 Å². The van der Waals surface area contributed by atoms with E-state index in [4.69, 9.17) is 5.73 Å². The van der Waals surface area contributed by atoms with E-state index in [0.29, 0.717) is 0 Å². The van der Waals surface area contributed by atoms with Crippen LogP contribution in [0, 0.1) is 0 Å². The Labute approximate surface area is 107 Å². The summed E-state index contributed by atoms with van der Waals surface area (Å²) in [6.07, 6.45) is 0.791. The molecule has 3 nitrogen and oxygen atoms in total. The topological polar surface area (TPSA) is 55.1 Å². The Balaban J connectivity index is 2.21. The van der Waals surface area contributed by atoms with Crippen LogP contribution >= 0.6 is 27.7 Å². The molecule has 1 aromatic rings. The molecular formula is C11H13BrN2OS. The summed E-state index contributed by atoms with van der Waals surface area (Å²) in [6, 6.07) is 7.78. The molecule has 86 valence electrons. The van der Waals surface area contributed by atoms with E-state index in [1.54, 1.807) is 11.8 Å². The highest BCUT2D eigenvalue weighted by atomic mass is 79.9. The molecule has 1 unspecified atom stereocenters. The maximum Gasteiger partial charge on any atom is 0.243 e. The Kier molecular flexibility index (Phi) is 3.44. The van der Waals surface area contributed by atoms with Crippen molar-refractivity contribution in [2.24, 2.45) is 5.73 Å². The number of halogens is 1. The zero-order valence-corrected chi connectivity index (χ0v) is 11.1. The van der Waals surface area contributed by atoms with Crippen LogP contribution in [0.25, 0.3) is 0 Å². The Morgan fingerprint density at radius 2 is 2.38 bits per heavy atom. The molecule has 1 amide bonds. The first-order chi connectivity index (χ1) is 7.62. The molecule has 3 N–H and O–H groups in total. The van der Waals surface area contributed by atoms with Gasteiger partial charge in [-0.05, 0) is 30.4 Å². The molecule has 16 heavy (non-hydrogen) atoms. The van der Waals surface area contributed by atoms with Gasteiger partial charge in [0.1, 0.15) is 5.54 Å². The number of amides is 1. The lowest BCUT2D eigenvalue weighted by molar-refractivity contribution is -0.121. The van der Waals surface area contributed by atoms with Crippen LogP contribution in [-0.4, -0.2) is 23.0 Å². The van der Waals surface area contributed by atoms with E-state index < -0.39 is 5.54 Å². The molecule has 0 bridgehead atoms. The Morgan fingerprint density at radius 3 is 2.94 bits per heavy atom. The lowest BCUT2D eigenvalue weighted by atomic mass is 9.97. The molecule has 0 saturated carbocycles. The Hall–Kier alpha value is -0.680. The number of nitrogens with two attached hydrogens (primary N) is 1. The normalized spacial score (nSPS) is 24.3. The molecule has 1 aliphatic rings. The smallest absolute Gasteiger partial charge is 0.243 e. The summed E-state index contributed by atoms with van der Waals surface area (Å²) in [6.45, 7) is 0. The van der Waals surface area contributed by atoms with Crippen molar-refractivity contribution in [1.82, 2.24) is 0 Å². The second kappa shape index (κ2) is 4.67. The molecule has 5 heteroatoms. The van der Waals surface area contributed by atoms with Gasteiger partial charge in [0.15, 0.2) is 0 Å². The van der Waals surface area contributed by atoms with Crippen molar-refractivity contribution < 1.29 is 4.79 Å². The van der Waals surface area contributed by atoms with E-state index in [9.17, 15) is 4.79 Å². The molecule has 2 rings (SSSR count). The number of carbonyl (C=O) groups excluding carboxylic acids is 1. The van der Waals surface area contributed by atoms with Crippen molar-refractivity contribution >= 4 is 39.3 Å². The van der Waals surface area contributed by atoms with Crippen LogP contribution in [0.3, 0.4) is 0 Å². The number of anilines is 1. The average molecular weight is 301 g/mol. The summed E-state index contributed by atoms with van der Waals surface area (Å²) < 4.78 is 0.989. The quantitative estimate of drug-likeness (QED) is 0.900. The molecule has 0 aliphatic carbocycles. The zero-order valence-electron chi connectivity index (χ0n) is 8.70. The lowest BCUT2D eigenvalue weighted by Crippen LogP contribution is -2.50. The zero-order chi connectivity index (χ0) is 11.6. The Morgan fingerprint density at radius 1 is 1.56 bits per heavy atom. The summed E-state index contributed by atoms with van der Waals surface area (Å²) in [7, 11) is 0. The maximum absolute atomic E-state index is 11.5. The fourth-order valence-electron chi connectivity index (χ4n) is 1.76. The number of benzene rings is 1. The van der Waals surface area contributed by atoms with Crippen LogP contribution in [-0.2, 0) is 4.79 Å². The number of hydrogen-bond donors (Lipinski definition) is 2. The third-order valence-electron chi connectivity index (χ3n) is 2.70. The Bertz CT molecular complexity index is 405. The van der Waals surface area contributed by atoms with Gasteiger partial charge in [0.2, 0.25) is 5.91 Å². The SMILES string of the molecule is NC(=O)C1(Nc2cccc(Br)c2)CCSC1. The fraction of sp³-hybridized carbons (Fsp3) is 0.364. The van der Waals surface area contributed by atoms with Gasteiger partial charge in [0.05, 0.1) is 0 Å². The minimum absolute atomic E-state index is 0.266. The minimum Gasteiger partial charge on any atom is -0.371 e. The van der Waals surface area contributed by atoms with Gasteiger partial charge in [-0.25, -0.2) is 0 Å². The standard InChI is InChI=1S/C11H13BrN2OS/c12-8-2-1-3-9(6-8)14-11(10(13)15)4-5-16-7-11/h1-3,6,14H,4-5,7H2,(H2,13,15). The van der Waals surface area contributed by atoms with Crippen LogP contribution in [0.5, 0.6) is 0 Å². The number of nitrogens with one attached hydrogen (secondary N) is 1. The summed E-state index contributed by atoms with van der Waals surface area (Å²) in [5.74, 6) is 1.45. The molecule has 1 aromatic carbocycles. The summed E-state index contributed by atoms with van der Waals surface area (Å²) >= 11 is 5.16. The van der Waals surface area contributed by atoms with Crippen molar-refractivity contribution in [2.75, 3.05) is 16.8 Å². The van der Waals surface area contributed by atoms with E-state index in [0.717, 1.165) is 28.1 Å². The summed E-state index contributed by atoms with van der Waals surface area (Å²) in [5.41, 5.74) is 5.84. The number of primary amides is 1. The number of carbonyl (C=O) groups is 1. The molecule has 0 spiro atoms. The van der Waals surface area contributed by atoms with Gasteiger partial charge in [-0.15, -0.1) is 0 Å². The summed E-state index contributed by atoms with van der Waals surface area (Å²) in [4.78, 5) is 11.5. The van der Waals surface area contributed by atoms with Crippen LogP contribution in [0.15, 0.2) is 28.7 Å². The van der Waals surface area contributed by atoms with Crippen molar-refractivity contribution in [3.05, 3.63) is 28.7 Å². The molecule has 0 radical (unpaired) electrons. The fourth-order valence-corrected chi connectivity index (χ4v) is 3.51. The number of rotatable bonds is 3. The van der Waals surface area contributed by atoms with Gasteiger partial charge in [-0.3, -0.25) is 4.79 Å². The predicted octanol–water partition coefficient (Wildman–Crippen LogP) is 2.22. The molecule has 1 heterocycles. The monoisotopic (exact) mass is 300 g/mol. The highest BCUT2D eigenvalue weighted by Gasteiger charge is 2.40. The van der Waals surface area contributed by atoms with E-state index in [-0.39, 0.29) is 5.91 Å². The van der Waals surface area contributed by atoms with Crippen molar-refractivity contribution in [2.45, 2.75) is 12.0 Å². The highest BCUT2D eigenvalue weighted by Crippen LogP contribution is 2.31. The molecule has 1 atom stereocenters. The van der Waals surface area contributed by atoms with E-state index in [2.05, 4.69) is 21.2 Å². The van der Waals surface area contributed by atoms with Crippen molar-refractivity contribution in [3.63, 3.8) is 0 Å². The van der Waals surface area contributed by atoms with Crippen molar-refractivity contribution in [1.29, 1.82) is 0 Å². The molecule has 1 aliphatic heterocycles. The predicted molar refractivity (Wildman–Crippen MR) is 71.6 cm³/mol. The molecule has 1 saturated heterocycles. The first kappa shape index (κ1) is 11.8. The van der Waals surface area contributed by atoms with Crippen LogP contribution in [0.1, 0.15) is 6.42 Å². The van der Waals surface area contributed by atoms with E-state index in [1.807, 2.05) is 24.3 Å². The van der Waals surface area contributed by atoms with Crippen molar-refractivity contribution in [3.8, 4) is 0 Å². The molecule has 0 aromatic heterocycles. The molecular weight excluding hydrogens is 288 g/mol. The third-order valence-corrected chi connectivity index (χ3v) is 4.38. The second-order valence-electron chi connectivity index (χ2n) is 3.88. The van der Waals surface area contributed by atoms with Gasteiger partial charge in [0.25, 0.3) is 0 Å². The second-order valence-corrected chi connectivity index (χ2v) is 5.91.